The van der Waals surface area contributed by atoms with Crippen molar-refractivity contribution in [2.24, 2.45) is 0 Å². The van der Waals surface area contributed by atoms with Gasteiger partial charge in [0.1, 0.15) is 11.2 Å². The molecule has 1 aromatic rings. The lowest BCUT2D eigenvalue weighted by Crippen LogP contribution is -2.23. The third-order valence-corrected chi connectivity index (χ3v) is 2.63. The van der Waals surface area contributed by atoms with Crippen LogP contribution >= 0.6 is 27.5 Å². The molecule has 0 saturated heterocycles. The lowest BCUT2D eigenvalue weighted by Gasteiger charge is -2.09. The Balaban J connectivity index is 3.05. The minimum atomic E-state index is -1.00. The van der Waals surface area contributed by atoms with Crippen LogP contribution in [0.25, 0.3) is 0 Å². The molecule has 5 heteroatoms. The van der Waals surface area contributed by atoms with Gasteiger partial charge in [-0.1, -0.05) is 15.9 Å². The smallest absolute Gasteiger partial charge is 0.242 e. The summed E-state index contributed by atoms with van der Waals surface area (Å²) in [4.78, 5) is 11.2. The van der Waals surface area contributed by atoms with Crippen LogP contribution in [0.3, 0.4) is 0 Å². The summed E-state index contributed by atoms with van der Waals surface area (Å²) < 4.78 is 13.9. The van der Waals surface area contributed by atoms with Gasteiger partial charge in [-0.05, 0) is 18.2 Å². The summed E-state index contributed by atoms with van der Waals surface area (Å²) in [6, 6.07) is 4.30. The van der Waals surface area contributed by atoms with E-state index in [2.05, 4.69) is 21.2 Å². The molecule has 1 rings (SSSR count). The normalized spacial score (nSPS) is 12.3. The first kappa shape index (κ1) is 11.5. The molecule has 0 saturated carbocycles. The van der Waals surface area contributed by atoms with Crippen LogP contribution in [-0.2, 0) is 4.79 Å². The van der Waals surface area contributed by atoms with E-state index in [9.17, 15) is 9.18 Å². The molecule has 0 aliphatic carbocycles. The van der Waals surface area contributed by atoms with Crippen molar-refractivity contribution < 1.29 is 9.18 Å². The molecule has 2 nitrogen and oxygen atoms in total. The van der Waals surface area contributed by atoms with Crippen molar-refractivity contribution in [3.05, 3.63) is 34.1 Å². The minimum absolute atomic E-state index is 0.167. The van der Waals surface area contributed by atoms with Crippen LogP contribution in [0.4, 0.5) is 4.39 Å². The number of amides is 1. The molecule has 0 spiro atoms. The van der Waals surface area contributed by atoms with Crippen molar-refractivity contribution in [3.8, 4) is 0 Å². The predicted octanol–water partition coefficient (Wildman–Crippen LogP) is 2.61. The number of nitrogens with one attached hydrogen (secondary N) is 1. The zero-order valence-corrected chi connectivity index (χ0v) is 9.69. The monoisotopic (exact) mass is 279 g/mol. The van der Waals surface area contributed by atoms with E-state index in [1.54, 1.807) is 6.07 Å². The Morgan fingerprint density at radius 2 is 2.29 bits per heavy atom. The van der Waals surface area contributed by atoms with E-state index in [-0.39, 0.29) is 5.56 Å². The highest BCUT2D eigenvalue weighted by molar-refractivity contribution is 9.10. The second-order valence-electron chi connectivity index (χ2n) is 2.64. The van der Waals surface area contributed by atoms with E-state index in [1.165, 1.54) is 19.2 Å². The number of carbonyl (C=O) groups is 1. The molecular weight excluding hydrogens is 272 g/mol. The summed E-state index contributed by atoms with van der Waals surface area (Å²) in [5.41, 5.74) is 0.167. The molecule has 1 aromatic carbocycles. The zero-order valence-electron chi connectivity index (χ0n) is 7.35. The second kappa shape index (κ2) is 4.75. The van der Waals surface area contributed by atoms with Crippen molar-refractivity contribution >= 4 is 33.4 Å². The number of likely N-dealkylation sites (N-methyl/N-ethyl adjacent to an activating group) is 1. The van der Waals surface area contributed by atoms with Gasteiger partial charge in [0, 0.05) is 17.1 Å². The van der Waals surface area contributed by atoms with Crippen LogP contribution in [0.1, 0.15) is 10.9 Å². The van der Waals surface area contributed by atoms with Gasteiger partial charge in [-0.25, -0.2) is 4.39 Å². The fourth-order valence-corrected chi connectivity index (χ4v) is 1.63. The van der Waals surface area contributed by atoms with Gasteiger partial charge >= 0.3 is 0 Å². The second-order valence-corrected chi connectivity index (χ2v) is 3.99. The Labute approximate surface area is 94.6 Å². The SMILES string of the molecule is CNC(=O)C(Cl)c1cc(Br)ccc1F. The van der Waals surface area contributed by atoms with E-state index in [1.807, 2.05) is 0 Å². The van der Waals surface area contributed by atoms with Crippen LogP contribution in [-0.4, -0.2) is 13.0 Å². The lowest BCUT2D eigenvalue weighted by atomic mass is 10.1. The molecule has 76 valence electrons. The molecule has 0 aliphatic rings. The van der Waals surface area contributed by atoms with Crippen LogP contribution in [0, 0.1) is 5.82 Å². The standard InChI is InChI=1S/C9H8BrClFNO/c1-13-9(14)8(11)6-4-5(10)2-3-7(6)12/h2-4,8H,1H3,(H,13,14). The average Bonchev–Trinajstić information content (AvgIpc) is 2.19. The maximum atomic E-state index is 13.2. The minimum Gasteiger partial charge on any atom is -0.358 e. The molecule has 0 heterocycles. The van der Waals surface area contributed by atoms with E-state index >= 15 is 0 Å². The van der Waals surface area contributed by atoms with Crippen molar-refractivity contribution in [2.45, 2.75) is 5.38 Å². The number of halogens is 3. The fraction of sp³-hybridized carbons (Fsp3) is 0.222. The van der Waals surface area contributed by atoms with E-state index < -0.39 is 17.1 Å². The largest absolute Gasteiger partial charge is 0.358 e. The number of hydrogen-bond acceptors (Lipinski definition) is 1. The Morgan fingerprint density at radius 1 is 1.64 bits per heavy atom. The maximum absolute atomic E-state index is 13.2. The lowest BCUT2D eigenvalue weighted by molar-refractivity contribution is -0.120. The van der Waals surface area contributed by atoms with Gasteiger partial charge in [-0.3, -0.25) is 4.79 Å². The summed E-state index contributed by atoms with van der Waals surface area (Å²) in [5, 5.41) is 1.35. The highest BCUT2D eigenvalue weighted by atomic mass is 79.9. The molecule has 1 unspecified atom stereocenters. The Bertz CT molecular complexity index is 359. The molecule has 1 N–H and O–H groups in total. The first-order valence-electron chi connectivity index (χ1n) is 3.87. The van der Waals surface area contributed by atoms with Gasteiger partial charge in [-0.15, -0.1) is 11.6 Å². The molecule has 1 atom stereocenters. The summed E-state index contributed by atoms with van der Waals surface area (Å²) in [7, 11) is 1.45. The van der Waals surface area contributed by atoms with Crippen molar-refractivity contribution in [2.75, 3.05) is 7.05 Å². The van der Waals surface area contributed by atoms with Crippen molar-refractivity contribution in [1.29, 1.82) is 0 Å². The Hall–Kier alpha value is -0.610. The summed E-state index contributed by atoms with van der Waals surface area (Å²) in [6.07, 6.45) is 0. The molecule has 14 heavy (non-hydrogen) atoms. The van der Waals surface area contributed by atoms with Crippen molar-refractivity contribution in [3.63, 3.8) is 0 Å². The Kier molecular flexibility index (Phi) is 3.89. The molecule has 0 radical (unpaired) electrons. The highest BCUT2D eigenvalue weighted by Gasteiger charge is 2.19. The molecule has 1 amide bonds. The zero-order chi connectivity index (χ0) is 10.7. The van der Waals surface area contributed by atoms with Gasteiger partial charge in [0.2, 0.25) is 5.91 Å². The average molecular weight is 281 g/mol. The maximum Gasteiger partial charge on any atom is 0.242 e. The number of benzene rings is 1. The van der Waals surface area contributed by atoms with E-state index in [0.717, 1.165) is 0 Å². The summed E-state index contributed by atoms with van der Waals surface area (Å²) in [6.45, 7) is 0. The van der Waals surface area contributed by atoms with Crippen molar-refractivity contribution in [1.82, 2.24) is 5.32 Å². The van der Waals surface area contributed by atoms with Crippen LogP contribution in [0.15, 0.2) is 22.7 Å². The third-order valence-electron chi connectivity index (χ3n) is 1.71. The molecule has 0 aliphatic heterocycles. The quantitative estimate of drug-likeness (QED) is 0.829. The van der Waals surface area contributed by atoms with Crippen LogP contribution in [0.2, 0.25) is 0 Å². The van der Waals surface area contributed by atoms with Crippen LogP contribution in [0.5, 0.6) is 0 Å². The Morgan fingerprint density at radius 3 is 2.86 bits per heavy atom. The molecule has 0 bridgehead atoms. The molecule has 0 fully saturated rings. The highest BCUT2D eigenvalue weighted by Crippen LogP contribution is 2.26. The fourth-order valence-electron chi connectivity index (χ4n) is 0.977. The number of hydrogen-bond donors (Lipinski definition) is 1. The van der Waals surface area contributed by atoms with E-state index in [0.29, 0.717) is 4.47 Å². The first-order valence-corrected chi connectivity index (χ1v) is 5.10. The molecule has 0 aromatic heterocycles. The van der Waals surface area contributed by atoms with Gasteiger partial charge in [0.05, 0.1) is 0 Å². The van der Waals surface area contributed by atoms with Gasteiger partial charge < -0.3 is 5.32 Å². The third kappa shape index (κ3) is 2.45. The predicted molar refractivity (Wildman–Crippen MR) is 56.8 cm³/mol. The number of carbonyl (C=O) groups excluding carboxylic acids is 1. The van der Waals surface area contributed by atoms with Gasteiger partial charge in [0.25, 0.3) is 0 Å². The van der Waals surface area contributed by atoms with Gasteiger partial charge in [-0.2, -0.15) is 0 Å². The number of alkyl halides is 1. The molecular formula is C9H8BrClFNO. The summed E-state index contributed by atoms with van der Waals surface area (Å²) >= 11 is 8.94. The number of rotatable bonds is 2. The first-order chi connectivity index (χ1) is 6.56. The topological polar surface area (TPSA) is 29.1 Å². The van der Waals surface area contributed by atoms with Crippen LogP contribution < -0.4 is 5.32 Å². The van der Waals surface area contributed by atoms with Gasteiger partial charge in [0.15, 0.2) is 0 Å². The summed E-state index contributed by atoms with van der Waals surface area (Å²) in [5.74, 6) is -0.916. The van der Waals surface area contributed by atoms with E-state index in [4.69, 9.17) is 11.6 Å².